The molecule has 0 unspecified atom stereocenters. The van der Waals surface area contributed by atoms with Gasteiger partial charge in [0.2, 0.25) is 5.96 Å². The molecule has 5 rings (SSSR count). The van der Waals surface area contributed by atoms with Gasteiger partial charge in [-0.1, -0.05) is 18.2 Å². The number of H-pyrrole nitrogens is 1. The van der Waals surface area contributed by atoms with E-state index in [-0.39, 0.29) is 43.1 Å². The molecule has 7 nitrogen and oxygen atoms in total. The molecule has 2 aliphatic heterocycles. The van der Waals surface area contributed by atoms with Crippen molar-refractivity contribution in [3.05, 3.63) is 66.1 Å². The molecule has 0 bridgehead atoms. The summed E-state index contributed by atoms with van der Waals surface area (Å²) in [7, 11) is 0. The molecule has 2 aliphatic rings. The third-order valence-electron chi connectivity index (χ3n) is 5.16. The fourth-order valence-electron chi connectivity index (χ4n) is 3.67. The van der Waals surface area contributed by atoms with Crippen LogP contribution < -0.4 is 10.2 Å². The normalized spacial score (nSPS) is 16.8. The van der Waals surface area contributed by atoms with Crippen LogP contribution in [0.1, 0.15) is 5.56 Å². The summed E-state index contributed by atoms with van der Waals surface area (Å²) < 4.78 is 0. The van der Waals surface area contributed by atoms with Crippen molar-refractivity contribution in [1.29, 1.82) is 0 Å². The van der Waals surface area contributed by atoms with E-state index < -0.39 is 0 Å². The number of guanidine groups is 1. The quantitative estimate of drug-likeness (QED) is 0.550. The number of benzene rings is 1. The number of amides is 1. The van der Waals surface area contributed by atoms with E-state index >= 15 is 0 Å². The predicted octanol–water partition coefficient (Wildman–Crippen LogP) is 3.48. The van der Waals surface area contributed by atoms with E-state index in [2.05, 4.69) is 54.3 Å². The van der Waals surface area contributed by atoms with Gasteiger partial charge in [0.05, 0.1) is 0 Å². The SMILES string of the molecule is Cl.Cl.Cl.O=C1NC(N2CCN(c3ccccc3)CC2)=N/C1=C\c1c[nH]c2ncccc12. The summed E-state index contributed by atoms with van der Waals surface area (Å²) in [6, 6.07) is 14.3. The molecule has 0 saturated carbocycles. The lowest BCUT2D eigenvalue weighted by atomic mass is 10.2. The van der Waals surface area contributed by atoms with E-state index in [4.69, 9.17) is 0 Å². The fraction of sp³-hybridized carbons (Fsp3) is 0.190. The zero-order valence-corrected chi connectivity index (χ0v) is 19.0. The first-order valence-electron chi connectivity index (χ1n) is 9.37. The topological polar surface area (TPSA) is 76.6 Å². The number of aliphatic imine (C=N–C) groups is 1. The maximum absolute atomic E-state index is 12.4. The first-order chi connectivity index (χ1) is 13.8. The van der Waals surface area contributed by atoms with Gasteiger partial charge in [-0.2, -0.15) is 0 Å². The van der Waals surface area contributed by atoms with Crippen molar-refractivity contribution < 1.29 is 4.79 Å². The number of carbonyl (C=O) groups is 1. The molecule has 4 heterocycles. The maximum Gasteiger partial charge on any atom is 0.276 e. The zero-order valence-electron chi connectivity index (χ0n) is 16.5. The van der Waals surface area contributed by atoms with E-state index in [0.717, 1.165) is 42.8 Å². The van der Waals surface area contributed by atoms with E-state index in [9.17, 15) is 4.79 Å². The molecule has 3 aromatic rings. The lowest BCUT2D eigenvalue weighted by Crippen LogP contribution is -2.52. The number of pyridine rings is 1. The first-order valence-corrected chi connectivity index (χ1v) is 9.37. The predicted molar refractivity (Wildman–Crippen MR) is 132 cm³/mol. The molecule has 1 fully saturated rings. The molecule has 10 heteroatoms. The number of carbonyl (C=O) groups excluding carboxylic acids is 1. The Kier molecular flexibility index (Phi) is 8.33. The highest BCUT2D eigenvalue weighted by atomic mass is 35.5. The van der Waals surface area contributed by atoms with Crippen molar-refractivity contribution in [3.63, 3.8) is 0 Å². The summed E-state index contributed by atoms with van der Waals surface area (Å²) in [5.41, 5.74) is 3.36. The fourth-order valence-corrected chi connectivity index (χ4v) is 3.67. The molecule has 164 valence electrons. The number of aromatic nitrogens is 2. The van der Waals surface area contributed by atoms with Gasteiger partial charge < -0.3 is 14.8 Å². The molecule has 31 heavy (non-hydrogen) atoms. The Labute approximate surface area is 198 Å². The van der Waals surface area contributed by atoms with Crippen molar-refractivity contribution in [2.24, 2.45) is 4.99 Å². The molecule has 0 atom stereocenters. The van der Waals surface area contributed by atoms with Crippen LogP contribution in [0.2, 0.25) is 0 Å². The number of rotatable bonds is 2. The maximum atomic E-state index is 12.4. The molecule has 2 N–H and O–H groups in total. The van der Waals surface area contributed by atoms with E-state index in [1.807, 2.05) is 30.5 Å². The average Bonchev–Trinajstić information content (AvgIpc) is 3.33. The minimum atomic E-state index is -0.168. The van der Waals surface area contributed by atoms with E-state index in [1.165, 1.54) is 5.69 Å². The van der Waals surface area contributed by atoms with Gasteiger partial charge in [-0.3, -0.25) is 10.1 Å². The van der Waals surface area contributed by atoms with Gasteiger partial charge in [0.1, 0.15) is 11.3 Å². The number of para-hydroxylation sites is 1. The Balaban J connectivity index is 0.00000114. The Hall–Kier alpha value is -2.74. The van der Waals surface area contributed by atoms with Gasteiger partial charge in [0.25, 0.3) is 5.91 Å². The van der Waals surface area contributed by atoms with Crippen LogP contribution in [0, 0.1) is 0 Å². The largest absolute Gasteiger partial charge is 0.368 e. The Morgan fingerprint density at radius 1 is 0.903 bits per heavy atom. The highest BCUT2D eigenvalue weighted by Crippen LogP contribution is 2.21. The highest BCUT2D eigenvalue weighted by molar-refractivity contribution is 6.14. The summed E-state index contributed by atoms with van der Waals surface area (Å²) in [5, 5.41) is 3.89. The van der Waals surface area contributed by atoms with Gasteiger partial charge in [0, 0.05) is 55.2 Å². The van der Waals surface area contributed by atoms with Crippen LogP contribution in [0.15, 0.2) is 65.5 Å². The monoisotopic (exact) mass is 480 g/mol. The summed E-state index contributed by atoms with van der Waals surface area (Å²) in [4.78, 5) is 28.9. The summed E-state index contributed by atoms with van der Waals surface area (Å²) >= 11 is 0. The smallest absolute Gasteiger partial charge is 0.276 e. The van der Waals surface area contributed by atoms with E-state index in [1.54, 1.807) is 6.20 Å². The number of nitrogens with zero attached hydrogens (tertiary/aromatic N) is 4. The third-order valence-corrected chi connectivity index (χ3v) is 5.16. The molecule has 0 spiro atoms. The zero-order chi connectivity index (χ0) is 18.9. The molecular formula is C21H23Cl3N6O. The summed E-state index contributed by atoms with van der Waals surface area (Å²) in [6.07, 6.45) is 5.40. The van der Waals surface area contributed by atoms with Crippen LogP contribution >= 0.6 is 37.2 Å². The number of fused-ring (bicyclic) bond motifs is 1. The number of piperazine rings is 1. The van der Waals surface area contributed by atoms with Gasteiger partial charge in [0.15, 0.2) is 0 Å². The van der Waals surface area contributed by atoms with Crippen molar-refractivity contribution in [1.82, 2.24) is 20.2 Å². The van der Waals surface area contributed by atoms with Crippen LogP contribution in [0.5, 0.6) is 0 Å². The molecule has 1 amide bonds. The van der Waals surface area contributed by atoms with Gasteiger partial charge in [-0.25, -0.2) is 9.98 Å². The number of halogens is 3. The second-order valence-electron chi connectivity index (χ2n) is 6.87. The van der Waals surface area contributed by atoms with Crippen LogP contribution in [-0.4, -0.2) is 52.9 Å². The van der Waals surface area contributed by atoms with Gasteiger partial charge >= 0.3 is 0 Å². The van der Waals surface area contributed by atoms with Crippen LogP contribution in [0.4, 0.5) is 5.69 Å². The number of hydrogen-bond acceptors (Lipinski definition) is 5. The van der Waals surface area contributed by atoms with Crippen molar-refractivity contribution in [2.75, 3.05) is 31.1 Å². The summed E-state index contributed by atoms with van der Waals surface area (Å²) in [5.74, 6) is 0.473. The number of nitrogens with one attached hydrogen (secondary N) is 2. The van der Waals surface area contributed by atoms with Gasteiger partial charge in [-0.15, -0.1) is 37.2 Å². The average molecular weight is 482 g/mol. The minimum Gasteiger partial charge on any atom is -0.368 e. The number of aromatic amines is 1. The molecule has 2 aromatic heterocycles. The number of anilines is 1. The second-order valence-corrected chi connectivity index (χ2v) is 6.87. The van der Waals surface area contributed by atoms with Gasteiger partial charge in [-0.05, 0) is 30.3 Å². The van der Waals surface area contributed by atoms with Crippen molar-refractivity contribution in [3.8, 4) is 0 Å². The molecule has 1 saturated heterocycles. The first kappa shape index (κ1) is 24.5. The molecule has 1 aromatic carbocycles. The summed E-state index contributed by atoms with van der Waals surface area (Å²) in [6.45, 7) is 3.43. The second kappa shape index (κ2) is 10.5. The Morgan fingerprint density at radius 3 is 2.35 bits per heavy atom. The van der Waals surface area contributed by atoms with Crippen LogP contribution in [-0.2, 0) is 4.79 Å². The molecule has 0 aliphatic carbocycles. The minimum absolute atomic E-state index is 0. The van der Waals surface area contributed by atoms with Crippen molar-refractivity contribution >= 4 is 71.9 Å². The number of hydrogen-bond donors (Lipinski definition) is 2. The van der Waals surface area contributed by atoms with Crippen LogP contribution in [0.3, 0.4) is 0 Å². The highest BCUT2D eigenvalue weighted by Gasteiger charge is 2.27. The van der Waals surface area contributed by atoms with E-state index in [0.29, 0.717) is 11.7 Å². The molecular weight excluding hydrogens is 459 g/mol. The standard InChI is InChI=1S/C21H20N6O.3ClH/c28-20-18(13-15-14-23-19-17(15)7-4-8-22-19)24-21(25-20)27-11-9-26(10-12-27)16-5-2-1-3-6-16;;;/h1-8,13-14H,9-12H2,(H,22,23)(H,24,25,28);3*1H/b18-13-;;;. The lowest BCUT2D eigenvalue weighted by molar-refractivity contribution is -0.115. The molecule has 0 radical (unpaired) electrons. The Bertz CT molecular complexity index is 1090. The lowest BCUT2D eigenvalue weighted by Gasteiger charge is -2.36. The third kappa shape index (κ3) is 4.95. The van der Waals surface area contributed by atoms with Crippen molar-refractivity contribution in [2.45, 2.75) is 0 Å². The Morgan fingerprint density at radius 2 is 1.61 bits per heavy atom. The van der Waals surface area contributed by atoms with Crippen LogP contribution in [0.25, 0.3) is 17.1 Å².